The average Bonchev–Trinajstić information content (AvgIpc) is 2.80. The predicted molar refractivity (Wildman–Crippen MR) is 125 cm³/mol. The number of esters is 1. The molecule has 0 spiro atoms. The van der Waals surface area contributed by atoms with Gasteiger partial charge in [0.1, 0.15) is 0 Å². The minimum Gasteiger partial charge on any atom is -0.446 e. The number of hydrogen-bond donors (Lipinski definition) is 0. The second-order valence-electron chi connectivity index (χ2n) is 7.15. The predicted octanol–water partition coefficient (Wildman–Crippen LogP) is 5.35. The maximum Gasteiger partial charge on any atom is 0.339 e. The molecule has 0 aromatic heterocycles. The second-order valence-corrected chi connectivity index (χ2v) is 7.15. The smallest absolute Gasteiger partial charge is 0.339 e. The summed E-state index contributed by atoms with van der Waals surface area (Å²) in [5.41, 5.74) is 0.496. The van der Waals surface area contributed by atoms with Crippen molar-refractivity contribution in [3.8, 4) is 11.8 Å². The summed E-state index contributed by atoms with van der Waals surface area (Å²) in [7, 11) is 0. The molecule has 0 fully saturated rings. The van der Waals surface area contributed by atoms with Gasteiger partial charge < -0.3 is 23.7 Å². The van der Waals surface area contributed by atoms with Crippen molar-refractivity contribution in [1.82, 2.24) is 0 Å². The molecule has 180 valence electrons. The van der Waals surface area contributed by atoms with Crippen LogP contribution in [0.2, 0.25) is 0 Å². The Hall–Kier alpha value is -1.91. The molecule has 6 heteroatoms. The largest absolute Gasteiger partial charge is 0.446 e. The van der Waals surface area contributed by atoms with Crippen LogP contribution in [0.25, 0.3) is 0 Å². The fourth-order valence-electron chi connectivity index (χ4n) is 3.18. The fourth-order valence-corrected chi connectivity index (χ4v) is 3.18. The standard InChI is InChI=1S/C26H40O6/c1-6-11-12-16-19-23(32-24(27)22-17-14-13-15-18-22)20-21-26(30-9-4,31-10-5)25(28-7-2)29-8-3/h13-15,17-18,23,25H,6-12,16,19H2,1-5H3. The lowest BCUT2D eigenvalue weighted by Crippen LogP contribution is -2.49. The van der Waals surface area contributed by atoms with Gasteiger partial charge in [-0.25, -0.2) is 4.79 Å². The summed E-state index contributed by atoms with van der Waals surface area (Å²) in [4.78, 5) is 12.7. The fraction of sp³-hybridized carbons (Fsp3) is 0.654. The molecular weight excluding hydrogens is 408 g/mol. The third-order valence-electron chi connectivity index (χ3n) is 4.65. The molecule has 1 aromatic carbocycles. The molecule has 0 saturated carbocycles. The van der Waals surface area contributed by atoms with E-state index in [-0.39, 0.29) is 0 Å². The zero-order chi connectivity index (χ0) is 23.7. The monoisotopic (exact) mass is 448 g/mol. The lowest BCUT2D eigenvalue weighted by Gasteiger charge is -2.34. The molecule has 0 radical (unpaired) electrons. The number of rotatable bonds is 16. The van der Waals surface area contributed by atoms with Crippen LogP contribution >= 0.6 is 0 Å². The number of unbranched alkanes of at least 4 members (excludes halogenated alkanes) is 3. The number of hydrogen-bond acceptors (Lipinski definition) is 6. The lowest BCUT2D eigenvalue weighted by molar-refractivity contribution is -0.321. The van der Waals surface area contributed by atoms with E-state index in [4.69, 9.17) is 23.7 Å². The number of carbonyl (C=O) groups is 1. The Morgan fingerprint density at radius 3 is 2.03 bits per heavy atom. The van der Waals surface area contributed by atoms with Gasteiger partial charge in [0.15, 0.2) is 6.10 Å². The first kappa shape index (κ1) is 28.1. The first-order chi connectivity index (χ1) is 15.6. The summed E-state index contributed by atoms with van der Waals surface area (Å²) in [6, 6.07) is 8.94. The summed E-state index contributed by atoms with van der Waals surface area (Å²) >= 11 is 0. The van der Waals surface area contributed by atoms with Crippen LogP contribution in [-0.4, -0.2) is 50.6 Å². The number of benzene rings is 1. The van der Waals surface area contributed by atoms with E-state index < -0.39 is 24.2 Å². The molecular formula is C26H40O6. The van der Waals surface area contributed by atoms with Crippen molar-refractivity contribution in [3.05, 3.63) is 35.9 Å². The summed E-state index contributed by atoms with van der Waals surface area (Å²) in [6.07, 6.45) is 3.44. The highest BCUT2D eigenvalue weighted by Crippen LogP contribution is 2.23. The highest BCUT2D eigenvalue weighted by Gasteiger charge is 2.42. The zero-order valence-corrected chi connectivity index (χ0v) is 20.4. The Bertz CT molecular complexity index is 667. The summed E-state index contributed by atoms with van der Waals surface area (Å²) < 4.78 is 29.2. The zero-order valence-electron chi connectivity index (χ0n) is 20.4. The molecule has 1 rings (SSSR count). The van der Waals surface area contributed by atoms with Gasteiger partial charge >= 0.3 is 5.97 Å². The van der Waals surface area contributed by atoms with E-state index in [9.17, 15) is 4.79 Å². The van der Waals surface area contributed by atoms with Crippen LogP contribution in [0, 0.1) is 11.8 Å². The third kappa shape index (κ3) is 9.70. The van der Waals surface area contributed by atoms with Gasteiger partial charge in [-0.2, -0.15) is 0 Å². The first-order valence-corrected chi connectivity index (χ1v) is 11.9. The van der Waals surface area contributed by atoms with Crippen LogP contribution in [-0.2, 0) is 23.7 Å². The molecule has 0 aliphatic carbocycles. The summed E-state index contributed by atoms with van der Waals surface area (Å²) in [5, 5.41) is 0. The summed E-state index contributed by atoms with van der Waals surface area (Å²) in [5.74, 6) is 4.38. The van der Waals surface area contributed by atoms with Gasteiger partial charge in [-0.1, -0.05) is 50.3 Å². The van der Waals surface area contributed by atoms with E-state index in [1.807, 2.05) is 45.9 Å². The molecule has 1 unspecified atom stereocenters. The highest BCUT2D eigenvalue weighted by atomic mass is 16.8. The maximum absolute atomic E-state index is 12.7. The van der Waals surface area contributed by atoms with Crippen LogP contribution in [0.4, 0.5) is 0 Å². The molecule has 1 aromatic rings. The molecule has 0 bridgehead atoms. The molecule has 0 N–H and O–H groups in total. The normalized spacial score (nSPS) is 12.3. The minimum absolute atomic E-state index is 0.357. The van der Waals surface area contributed by atoms with E-state index in [1.54, 1.807) is 12.1 Å². The van der Waals surface area contributed by atoms with Crippen molar-refractivity contribution in [1.29, 1.82) is 0 Å². The van der Waals surface area contributed by atoms with Gasteiger partial charge in [0.05, 0.1) is 5.56 Å². The van der Waals surface area contributed by atoms with E-state index in [1.165, 1.54) is 0 Å². The van der Waals surface area contributed by atoms with Crippen LogP contribution in [0.3, 0.4) is 0 Å². The van der Waals surface area contributed by atoms with Crippen molar-refractivity contribution < 1.29 is 28.5 Å². The molecule has 0 aliphatic rings. The van der Waals surface area contributed by atoms with Crippen LogP contribution in [0.1, 0.15) is 77.1 Å². The molecule has 32 heavy (non-hydrogen) atoms. The van der Waals surface area contributed by atoms with Gasteiger partial charge in [-0.15, -0.1) is 0 Å². The van der Waals surface area contributed by atoms with Crippen LogP contribution < -0.4 is 0 Å². The van der Waals surface area contributed by atoms with E-state index >= 15 is 0 Å². The molecule has 6 nitrogen and oxygen atoms in total. The third-order valence-corrected chi connectivity index (χ3v) is 4.65. The second kappa shape index (κ2) is 16.7. The van der Waals surface area contributed by atoms with Crippen molar-refractivity contribution in [2.75, 3.05) is 26.4 Å². The molecule has 0 amide bonds. The van der Waals surface area contributed by atoms with Gasteiger partial charge in [-0.3, -0.25) is 0 Å². The Balaban J connectivity index is 3.19. The van der Waals surface area contributed by atoms with Gasteiger partial charge in [-0.05, 0) is 58.6 Å². The maximum atomic E-state index is 12.7. The van der Waals surface area contributed by atoms with Crippen molar-refractivity contribution >= 4 is 5.97 Å². The lowest BCUT2D eigenvalue weighted by atomic mass is 10.1. The van der Waals surface area contributed by atoms with Crippen LogP contribution in [0.5, 0.6) is 0 Å². The molecule has 0 heterocycles. The highest BCUT2D eigenvalue weighted by molar-refractivity contribution is 5.89. The van der Waals surface area contributed by atoms with Crippen molar-refractivity contribution in [3.63, 3.8) is 0 Å². The molecule has 1 atom stereocenters. The molecule has 0 saturated heterocycles. The first-order valence-electron chi connectivity index (χ1n) is 11.9. The van der Waals surface area contributed by atoms with Gasteiger partial charge in [0.25, 0.3) is 5.79 Å². The summed E-state index contributed by atoms with van der Waals surface area (Å²) in [6.45, 7) is 11.2. The Labute approximate surface area is 193 Å². The average molecular weight is 449 g/mol. The number of carbonyl (C=O) groups excluding carboxylic acids is 1. The Morgan fingerprint density at radius 1 is 0.875 bits per heavy atom. The van der Waals surface area contributed by atoms with E-state index in [0.29, 0.717) is 38.4 Å². The van der Waals surface area contributed by atoms with E-state index in [2.05, 4.69) is 18.8 Å². The molecule has 0 aliphatic heterocycles. The minimum atomic E-state index is -1.41. The van der Waals surface area contributed by atoms with Gasteiger partial charge in [0.2, 0.25) is 6.29 Å². The topological polar surface area (TPSA) is 63.2 Å². The van der Waals surface area contributed by atoms with Gasteiger partial charge in [0, 0.05) is 26.4 Å². The Kier molecular flexibility index (Phi) is 14.7. The van der Waals surface area contributed by atoms with E-state index in [0.717, 1.165) is 25.7 Å². The quantitative estimate of drug-likeness (QED) is 0.147. The SMILES string of the molecule is CCCCCCC(C#CC(OCC)(OCC)C(OCC)OCC)OC(=O)c1ccccc1. The number of ether oxygens (including phenoxy) is 5. The van der Waals surface area contributed by atoms with Crippen molar-refractivity contribution in [2.24, 2.45) is 0 Å². The van der Waals surface area contributed by atoms with Crippen LogP contribution in [0.15, 0.2) is 30.3 Å². The Morgan fingerprint density at radius 2 is 1.50 bits per heavy atom. The van der Waals surface area contributed by atoms with Crippen molar-refractivity contribution in [2.45, 2.75) is 84.9 Å².